The zero-order valence-electron chi connectivity index (χ0n) is 21.9. The van der Waals surface area contributed by atoms with Crippen molar-refractivity contribution in [2.75, 3.05) is 18.5 Å². The Kier molecular flexibility index (Phi) is 10.0. The smallest absolute Gasteiger partial charge is 0.227 e. The summed E-state index contributed by atoms with van der Waals surface area (Å²) in [5, 5.41) is 3.06. The Morgan fingerprint density at radius 1 is 0.868 bits per heavy atom. The molecule has 3 unspecified atom stereocenters. The maximum absolute atomic E-state index is 13.3. The number of amides is 1. The molecule has 1 amide bonds. The highest BCUT2D eigenvalue weighted by molar-refractivity contribution is 5.92. The predicted octanol–water partition coefficient (Wildman–Crippen LogP) is 7.22. The van der Waals surface area contributed by atoms with E-state index in [9.17, 15) is 14.0 Å². The molecule has 3 atom stereocenters. The van der Waals surface area contributed by atoms with Gasteiger partial charge >= 0.3 is 0 Å². The number of hydrogen-bond acceptors (Lipinski definition) is 4. The molecular formula is C32H36FNO4. The number of carbonyl (C=O) groups is 2. The number of nitrogens with one attached hydrogen (secondary N) is 1. The van der Waals surface area contributed by atoms with Crippen LogP contribution >= 0.6 is 0 Å². The van der Waals surface area contributed by atoms with E-state index in [-0.39, 0.29) is 35.3 Å². The molecule has 3 aromatic carbocycles. The summed E-state index contributed by atoms with van der Waals surface area (Å²) in [6.45, 7) is 3.00. The molecule has 3 aromatic rings. The van der Waals surface area contributed by atoms with Gasteiger partial charge in [0.05, 0.1) is 6.61 Å². The van der Waals surface area contributed by atoms with Crippen LogP contribution in [-0.2, 0) is 20.7 Å². The van der Waals surface area contributed by atoms with E-state index in [0.29, 0.717) is 43.2 Å². The van der Waals surface area contributed by atoms with Gasteiger partial charge in [0.25, 0.3) is 0 Å². The van der Waals surface area contributed by atoms with Gasteiger partial charge in [0.15, 0.2) is 0 Å². The highest BCUT2D eigenvalue weighted by atomic mass is 19.1. The fourth-order valence-electron chi connectivity index (χ4n) is 5.19. The van der Waals surface area contributed by atoms with Crippen molar-refractivity contribution in [1.29, 1.82) is 0 Å². The van der Waals surface area contributed by atoms with Crippen LogP contribution in [0, 0.1) is 23.6 Å². The van der Waals surface area contributed by atoms with Crippen LogP contribution in [0.25, 0.3) is 0 Å². The first kappa shape index (κ1) is 27.5. The van der Waals surface area contributed by atoms with Crippen LogP contribution in [0.5, 0.6) is 11.5 Å². The number of anilines is 1. The SMILES string of the molecule is CCOCCC(=O)C1CCC(C(=O)Nc2ccc(Oc3ccc(F)cc3)cc2)CC(Cc2ccccc2)C1. The van der Waals surface area contributed by atoms with Crippen LogP contribution in [0.1, 0.15) is 44.6 Å². The van der Waals surface area contributed by atoms with Crippen molar-refractivity contribution in [2.45, 2.75) is 45.4 Å². The average Bonchev–Trinajstić information content (AvgIpc) is 3.14. The third kappa shape index (κ3) is 8.25. The molecule has 1 aliphatic rings. The molecule has 0 radical (unpaired) electrons. The van der Waals surface area contributed by atoms with Gasteiger partial charge in [-0.2, -0.15) is 0 Å². The fourth-order valence-corrected chi connectivity index (χ4v) is 5.19. The number of carbonyl (C=O) groups excluding carboxylic acids is 2. The van der Waals surface area contributed by atoms with E-state index in [0.717, 1.165) is 25.7 Å². The number of hydrogen-bond donors (Lipinski definition) is 1. The zero-order chi connectivity index (χ0) is 26.7. The maximum atomic E-state index is 13.3. The van der Waals surface area contributed by atoms with Gasteiger partial charge < -0.3 is 14.8 Å². The summed E-state index contributed by atoms with van der Waals surface area (Å²) in [4.78, 5) is 26.3. The van der Waals surface area contributed by atoms with Crippen molar-refractivity contribution in [3.8, 4) is 11.5 Å². The minimum atomic E-state index is -0.318. The quantitative estimate of drug-likeness (QED) is 0.215. The number of ketones is 1. The predicted molar refractivity (Wildman–Crippen MR) is 147 cm³/mol. The number of benzene rings is 3. The monoisotopic (exact) mass is 517 g/mol. The van der Waals surface area contributed by atoms with Crippen molar-refractivity contribution >= 4 is 17.4 Å². The first-order valence-electron chi connectivity index (χ1n) is 13.5. The Morgan fingerprint density at radius 3 is 2.18 bits per heavy atom. The lowest BCUT2D eigenvalue weighted by atomic mass is 9.84. The van der Waals surface area contributed by atoms with Crippen molar-refractivity contribution in [1.82, 2.24) is 0 Å². The third-order valence-electron chi connectivity index (χ3n) is 7.16. The minimum Gasteiger partial charge on any atom is -0.457 e. The van der Waals surface area contributed by atoms with Gasteiger partial charge in [0.1, 0.15) is 23.1 Å². The molecular weight excluding hydrogens is 481 g/mol. The van der Waals surface area contributed by atoms with E-state index in [1.807, 2.05) is 25.1 Å². The largest absolute Gasteiger partial charge is 0.457 e. The van der Waals surface area contributed by atoms with Gasteiger partial charge in [0.2, 0.25) is 5.91 Å². The number of halogens is 1. The molecule has 0 saturated heterocycles. The van der Waals surface area contributed by atoms with E-state index in [1.54, 1.807) is 36.4 Å². The van der Waals surface area contributed by atoms with Crippen LogP contribution in [0.3, 0.4) is 0 Å². The molecule has 1 saturated carbocycles. The maximum Gasteiger partial charge on any atom is 0.227 e. The summed E-state index contributed by atoms with van der Waals surface area (Å²) in [7, 11) is 0. The second kappa shape index (κ2) is 13.9. The van der Waals surface area contributed by atoms with E-state index in [2.05, 4.69) is 17.4 Å². The number of rotatable bonds is 11. The van der Waals surface area contributed by atoms with E-state index < -0.39 is 0 Å². The second-order valence-corrected chi connectivity index (χ2v) is 9.98. The Balaban J connectivity index is 1.39. The van der Waals surface area contributed by atoms with E-state index in [1.165, 1.54) is 17.7 Å². The molecule has 1 fully saturated rings. The number of Topliss-reactive ketones (excluding diaryl/α,β-unsaturated/α-hetero) is 1. The standard InChI is InChI=1S/C32H36FNO4/c1-2-37-19-18-31(35)25-8-9-26(22-24(21-25)20-23-6-4-3-5-7-23)32(36)34-28-12-16-30(17-13-28)38-29-14-10-27(33)11-15-29/h3-7,10-17,24-26H,2,8-9,18-22H2,1H3,(H,34,36). The Hall–Kier alpha value is -3.51. The molecule has 0 bridgehead atoms. The summed E-state index contributed by atoms with van der Waals surface area (Å²) < 4.78 is 24.3. The molecule has 0 spiro atoms. The van der Waals surface area contributed by atoms with E-state index >= 15 is 0 Å². The van der Waals surface area contributed by atoms with Crippen LogP contribution < -0.4 is 10.1 Å². The van der Waals surface area contributed by atoms with Crippen molar-refractivity contribution < 1.29 is 23.5 Å². The average molecular weight is 518 g/mol. The molecule has 1 aliphatic carbocycles. The molecule has 200 valence electrons. The first-order valence-corrected chi connectivity index (χ1v) is 13.5. The van der Waals surface area contributed by atoms with Crippen LogP contribution in [0.15, 0.2) is 78.9 Å². The van der Waals surface area contributed by atoms with Gasteiger partial charge in [-0.1, -0.05) is 30.3 Å². The zero-order valence-corrected chi connectivity index (χ0v) is 21.9. The van der Waals surface area contributed by atoms with Crippen molar-refractivity contribution in [2.24, 2.45) is 17.8 Å². The molecule has 38 heavy (non-hydrogen) atoms. The van der Waals surface area contributed by atoms with Gasteiger partial charge in [0, 0.05) is 30.6 Å². The molecule has 0 aromatic heterocycles. The van der Waals surface area contributed by atoms with Gasteiger partial charge in [-0.25, -0.2) is 4.39 Å². The molecule has 6 heteroatoms. The lowest BCUT2D eigenvalue weighted by Crippen LogP contribution is -2.24. The third-order valence-corrected chi connectivity index (χ3v) is 7.16. The Bertz CT molecular complexity index is 1160. The Labute approximate surface area is 224 Å². The first-order chi connectivity index (χ1) is 18.5. The van der Waals surface area contributed by atoms with E-state index in [4.69, 9.17) is 9.47 Å². The van der Waals surface area contributed by atoms with Crippen LogP contribution in [0.2, 0.25) is 0 Å². The summed E-state index contributed by atoms with van der Waals surface area (Å²) in [6, 6.07) is 23.3. The van der Waals surface area contributed by atoms with Gasteiger partial charge in [-0.15, -0.1) is 0 Å². The fraction of sp³-hybridized carbons (Fsp3) is 0.375. The molecule has 1 N–H and O–H groups in total. The summed E-state index contributed by atoms with van der Waals surface area (Å²) in [5.74, 6) is 1.10. The Morgan fingerprint density at radius 2 is 1.50 bits per heavy atom. The van der Waals surface area contributed by atoms with Crippen molar-refractivity contribution in [3.05, 3.63) is 90.2 Å². The van der Waals surface area contributed by atoms with Crippen molar-refractivity contribution in [3.63, 3.8) is 0 Å². The van der Waals surface area contributed by atoms with Crippen LogP contribution in [0.4, 0.5) is 10.1 Å². The summed E-state index contributed by atoms with van der Waals surface area (Å²) >= 11 is 0. The lowest BCUT2D eigenvalue weighted by molar-refractivity contribution is -0.125. The molecule has 5 nitrogen and oxygen atoms in total. The van der Waals surface area contributed by atoms with Crippen LogP contribution in [-0.4, -0.2) is 24.9 Å². The lowest BCUT2D eigenvalue weighted by Gasteiger charge is -2.21. The molecule has 0 heterocycles. The highest BCUT2D eigenvalue weighted by Gasteiger charge is 2.32. The number of ether oxygens (including phenoxy) is 2. The minimum absolute atomic E-state index is 0.0160. The molecule has 0 aliphatic heterocycles. The van der Waals surface area contributed by atoms with Gasteiger partial charge in [-0.05, 0) is 99.0 Å². The molecule has 4 rings (SSSR count). The highest BCUT2D eigenvalue weighted by Crippen LogP contribution is 2.35. The topological polar surface area (TPSA) is 64.6 Å². The second-order valence-electron chi connectivity index (χ2n) is 9.98. The normalized spacial score (nSPS) is 19.4. The summed E-state index contributed by atoms with van der Waals surface area (Å²) in [6.07, 6.45) is 4.25. The summed E-state index contributed by atoms with van der Waals surface area (Å²) in [5.41, 5.74) is 1.92. The van der Waals surface area contributed by atoms with Gasteiger partial charge in [-0.3, -0.25) is 9.59 Å².